The Bertz CT molecular complexity index is 868. The van der Waals surface area contributed by atoms with Crippen molar-refractivity contribution in [2.24, 2.45) is 0 Å². The number of halogens is 1. The number of hydrogen-bond acceptors (Lipinski definition) is 4. The molecule has 0 bridgehead atoms. The summed E-state index contributed by atoms with van der Waals surface area (Å²) in [4.78, 5) is 12.1. The smallest absolute Gasteiger partial charge is 0.342 e. The Labute approximate surface area is 138 Å². The summed E-state index contributed by atoms with van der Waals surface area (Å²) in [6.07, 6.45) is 0. The Kier molecular flexibility index (Phi) is 4.51. The minimum absolute atomic E-state index is 0.0302. The first-order valence-corrected chi connectivity index (χ1v) is 7.66. The lowest BCUT2D eigenvalue weighted by atomic mass is 10.1. The molecule has 0 aliphatic heterocycles. The first-order valence-electron chi connectivity index (χ1n) is 7.66. The predicted octanol–water partition coefficient (Wildman–Crippen LogP) is 4.64. The number of hydrogen-bond donors (Lipinski definition) is 0. The number of carbonyl (C=O) groups excluding carboxylic acids is 1. The lowest BCUT2D eigenvalue weighted by Gasteiger charge is -2.07. The van der Waals surface area contributed by atoms with Gasteiger partial charge in [-0.25, -0.2) is 9.18 Å². The van der Waals surface area contributed by atoms with E-state index in [1.165, 1.54) is 6.07 Å². The van der Waals surface area contributed by atoms with Crippen LogP contribution >= 0.6 is 0 Å². The summed E-state index contributed by atoms with van der Waals surface area (Å²) >= 11 is 0. The summed E-state index contributed by atoms with van der Waals surface area (Å²) in [5, 5.41) is 0.356. The summed E-state index contributed by atoms with van der Waals surface area (Å²) in [7, 11) is 0. The molecule has 4 nitrogen and oxygen atoms in total. The van der Waals surface area contributed by atoms with Crippen LogP contribution in [0.3, 0.4) is 0 Å². The van der Waals surface area contributed by atoms with Gasteiger partial charge in [0, 0.05) is 11.5 Å². The first kappa shape index (κ1) is 16.1. The molecule has 0 amide bonds. The molecule has 0 aliphatic carbocycles. The first-order chi connectivity index (χ1) is 11.6. The van der Waals surface area contributed by atoms with Crippen LogP contribution < -0.4 is 4.74 Å². The SMILES string of the molecule is CCOC(=O)c1c(C)oc2c(F)cc(OCc3ccccc3)cc12. The molecule has 5 heteroatoms. The Morgan fingerprint density at radius 3 is 2.67 bits per heavy atom. The quantitative estimate of drug-likeness (QED) is 0.640. The molecule has 0 N–H and O–H groups in total. The van der Waals surface area contributed by atoms with E-state index in [2.05, 4.69) is 0 Å². The number of ether oxygens (including phenoxy) is 2. The van der Waals surface area contributed by atoms with Gasteiger partial charge < -0.3 is 13.9 Å². The van der Waals surface area contributed by atoms with Crippen LogP contribution in [-0.4, -0.2) is 12.6 Å². The van der Waals surface area contributed by atoms with Crippen LogP contribution in [0.5, 0.6) is 5.75 Å². The summed E-state index contributed by atoms with van der Waals surface area (Å²) < 4.78 is 30.3. The Morgan fingerprint density at radius 2 is 1.96 bits per heavy atom. The maximum atomic E-state index is 14.3. The maximum absolute atomic E-state index is 14.3. The molecule has 1 aromatic heterocycles. The molecule has 0 aliphatic rings. The van der Waals surface area contributed by atoms with E-state index in [1.54, 1.807) is 19.9 Å². The van der Waals surface area contributed by atoms with Crippen LogP contribution in [0.2, 0.25) is 0 Å². The second-order valence-corrected chi connectivity index (χ2v) is 5.31. The standard InChI is InChI=1S/C19H17FO4/c1-3-22-19(21)17-12(2)24-18-15(17)9-14(10-16(18)20)23-11-13-7-5-4-6-8-13/h4-10H,3,11H2,1-2H3. The molecule has 24 heavy (non-hydrogen) atoms. The van der Waals surface area contributed by atoms with Crippen molar-refractivity contribution >= 4 is 16.9 Å². The highest BCUT2D eigenvalue weighted by Gasteiger charge is 2.22. The van der Waals surface area contributed by atoms with Gasteiger partial charge in [-0.15, -0.1) is 0 Å². The molecule has 0 unspecified atom stereocenters. The van der Waals surface area contributed by atoms with E-state index in [1.807, 2.05) is 30.3 Å². The molecule has 0 atom stereocenters. The van der Waals surface area contributed by atoms with Crippen molar-refractivity contribution in [1.29, 1.82) is 0 Å². The summed E-state index contributed by atoms with van der Waals surface area (Å²) in [5.41, 5.74) is 1.23. The predicted molar refractivity (Wildman–Crippen MR) is 87.6 cm³/mol. The van der Waals surface area contributed by atoms with Crippen LogP contribution in [0.15, 0.2) is 46.9 Å². The van der Waals surface area contributed by atoms with Crippen LogP contribution in [0.25, 0.3) is 11.0 Å². The molecular weight excluding hydrogens is 311 g/mol. The Morgan fingerprint density at radius 1 is 1.21 bits per heavy atom. The van der Waals surface area contributed by atoms with Gasteiger partial charge in [0.15, 0.2) is 11.4 Å². The van der Waals surface area contributed by atoms with E-state index in [9.17, 15) is 9.18 Å². The van der Waals surface area contributed by atoms with E-state index in [0.717, 1.165) is 5.56 Å². The van der Waals surface area contributed by atoms with Gasteiger partial charge in [0.25, 0.3) is 0 Å². The second kappa shape index (κ2) is 6.74. The monoisotopic (exact) mass is 328 g/mol. The number of fused-ring (bicyclic) bond motifs is 1. The normalized spacial score (nSPS) is 10.8. The number of furan rings is 1. The highest BCUT2D eigenvalue weighted by molar-refractivity contribution is 6.05. The summed E-state index contributed by atoms with van der Waals surface area (Å²) in [5.74, 6) is -0.458. The number of rotatable bonds is 5. The van der Waals surface area contributed by atoms with Crippen molar-refractivity contribution in [2.75, 3.05) is 6.61 Å². The highest BCUT2D eigenvalue weighted by Crippen LogP contribution is 2.32. The third-order valence-electron chi connectivity index (χ3n) is 3.62. The van der Waals surface area contributed by atoms with Crippen LogP contribution in [-0.2, 0) is 11.3 Å². The molecule has 1 heterocycles. The minimum Gasteiger partial charge on any atom is -0.489 e. The molecule has 3 aromatic rings. The molecule has 3 rings (SSSR count). The van der Waals surface area contributed by atoms with Gasteiger partial charge in [-0.05, 0) is 25.5 Å². The van der Waals surface area contributed by atoms with Crippen molar-refractivity contribution in [3.05, 3.63) is 65.2 Å². The van der Waals surface area contributed by atoms with Crippen molar-refractivity contribution in [2.45, 2.75) is 20.5 Å². The van der Waals surface area contributed by atoms with Gasteiger partial charge in [0.2, 0.25) is 0 Å². The fourth-order valence-corrected chi connectivity index (χ4v) is 2.53. The van der Waals surface area contributed by atoms with Crippen LogP contribution in [0.4, 0.5) is 4.39 Å². The van der Waals surface area contributed by atoms with Crippen LogP contribution in [0, 0.1) is 12.7 Å². The summed E-state index contributed by atoms with van der Waals surface area (Å²) in [6.45, 7) is 3.86. The molecule has 0 saturated carbocycles. The average Bonchev–Trinajstić information content (AvgIpc) is 2.91. The Hall–Kier alpha value is -2.82. The van der Waals surface area contributed by atoms with E-state index in [4.69, 9.17) is 13.9 Å². The number of aryl methyl sites for hydroxylation is 1. The zero-order valence-electron chi connectivity index (χ0n) is 13.5. The van der Waals surface area contributed by atoms with E-state index < -0.39 is 11.8 Å². The molecule has 0 radical (unpaired) electrons. The Balaban J connectivity index is 1.95. The van der Waals surface area contributed by atoms with Gasteiger partial charge in [0.1, 0.15) is 23.7 Å². The molecule has 0 fully saturated rings. The van der Waals surface area contributed by atoms with Crippen molar-refractivity contribution in [3.8, 4) is 5.75 Å². The average molecular weight is 328 g/mol. The zero-order valence-corrected chi connectivity index (χ0v) is 13.5. The minimum atomic E-state index is -0.575. The van der Waals surface area contributed by atoms with Crippen molar-refractivity contribution in [1.82, 2.24) is 0 Å². The largest absolute Gasteiger partial charge is 0.489 e. The maximum Gasteiger partial charge on any atom is 0.342 e. The van der Waals surface area contributed by atoms with Crippen molar-refractivity contribution in [3.63, 3.8) is 0 Å². The third-order valence-corrected chi connectivity index (χ3v) is 3.62. The number of esters is 1. The van der Waals surface area contributed by atoms with E-state index in [0.29, 0.717) is 23.5 Å². The highest BCUT2D eigenvalue weighted by atomic mass is 19.1. The topological polar surface area (TPSA) is 48.7 Å². The molecule has 124 valence electrons. The fourth-order valence-electron chi connectivity index (χ4n) is 2.53. The zero-order chi connectivity index (χ0) is 17.1. The van der Waals surface area contributed by atoms with Crippen LogP contribution in [0.1, 0.15) is 28.6 Å². The lowest BCUT2D eigenvalue weighted by Crippen LogP contribution is -2.05. The van der Waals surface area contributed by atoms with Gasteiger partial charge in [0.05, 0.1) is 6.61 Å². The van der Waals surface area contributed by atoms with Crippen molar-refractivity contribution < 1.29 is 23.1 Å². The van der Waals surface area contributed by atoms with E-state index in [-0.39, 0.29) is 17.8 Å². The number of carbonyl (C=O) groups is 1. The fraction of sp³-hybridized carbons (Fsp3) is 0.211. The molecular formula is C19H17FO4. The summed E-state index contributed by atoms with van der Waals surface area (Å²) in [6, 6.07) is 12.4. The second-order valence-electron chi connectivity index (χ2n) is 5.31. The van der Waals surface area contributed by atoms with Gasteiger partial charge >= 0.3 is 5.97 Å². The third kappa shape index (κ3) is 3.11. The molecule has 2 aromatic carbocycles. The molecule has 0 saturated heterocycles. The van der Waals surface area contributed by atoms with Gasteiger partial charge in [-0.1, -0.05) is 30.3 Å². The van der Waals surface area contributed by atoms with Gasteiger partial charge in [-0.3, -0.25) is 0 Å². The van der Waals surface area contributed by atoms with E-state index >= 15 is 0 Å². The molecule has 0 spiro atoms. The number of benzene rings is 2. The lowest BCUT2D eigenvalue weighted by molar-refractivity contribution is 0.0526. The van der Waals surface area contributed by atoms with Gasteiger partial charge in [-0.2, -0.15) is 0 Å².